The van der Waals surface area contributed by atoms with Gasteiger partial charge in [0.25, 0.3) is 0 Å². The van der Waals surface area contributed by atoms with Gasteiger partial charge in [0.1, 0.15) is 12.3 Å². The monoisotopic (exact) mass is 374 g/mol. The van der Waals surface area contributed by atoms with Crippen LogP contribution in [-0.4, -0.2) is 27.8 Å². The van der Waals surface area contributed by atoms with E-state index in [-0.39, 0.29) is 12.5 Å². The van der Waals surface area contributed by atoms with Crippen molar-refractivity contribution in [3.05, 3.63) is 58.3 Å². The van der Waals surface area contributed by atoms with Crippen molar-refractivity contribution in [3.63, 3.8) is 0 Å². The molecule has 0 fully saturated rings. The van der Waals surface area contributed by atoms with Gasteiger partial charge in [-0.2, -0.15) is 5.10 Å². The van der Waals surface area contributed by atoms with Gasteiger partial charge in [0.05, 0.1) is 12.8 Å². The normalized spacial score (nSPS) is 10.5. The number of H-pyrrole nitrogens is 1. The van der Waals surface area contributed by atoms with Crippen molar-refractivity contribution in [2.75, 3.05) is 12.4 Å². The van der Waals surface area contributed by atoms with Crippen molar-refractivity contribution in [2.24, 2.45) is 0 Å². The number of hydrogen-bond acceptors (Lipinski definition) is 4. The Bertz CT molecular complexity index is 950. The molecule has 2 aromatic carbocycles. The molecule has 1 heterocycles. The Labute approximate surface area is 154 Å². The molecule has 0 aliphatic carbocycles. The van der Waals surface area contributed by atoms with Crippen molar-refractivity contribution in [1.29, 1.82) is 0 Å². The predicted octanol–water partition coefficient (Wildman–Crippen LogP) is 3.91. The SMILES string of the molecule is COc1ccccc1NC(=O)Cn1c(-c2ccc(Cl)cc2)n[nH]c1=S. The number of carbonyl (C=O) groups excluding carboxylic acids is 1. The number of para-hydroxylation sites is 2. The van der Waals surface area contributed by atoms with Crippen molar-refractivity contribution in [1.82, 2.24) is 14.8 Å². The number of ether oxygens (including phenoxy) is 1. The fourth-order valence-electron chi connectivity index (χ4n) is 2.36. The summed E-state index contributed by atoms with van der Waals surface area (Å²) in [4.78, 5) is 12.4. The standard InChI is InChI=1S/C17H15ClN4O2S/c1-24-14-5-3-2-4-13(14)19-15(23)10-22-16(20-21-17(22)25)11-6-8-12(18)9-7-11/h2-9H,10H2,1H3,(H,19,23)(H,21,25). The van der Waals surface area contributed by atoms with Gasteiger partial charge in [0.15, 0.2) is 10.6 Å². The molecule has 2 N–H and O–H groups in total. The topological polar surface area (TPSA) is 71.9 Å². The fraction of sp³-hybridized carbons (Fsp3) is 0.118. The lowest BCUT2D eigenvalue weighted by molar-refractivity contribution is -0.116. The maximum Gasteiger partial charge on any atom is 0.244 e. The van der Waals surface area contributed by atoms with Crippen LogP contribution in [0.4, 0.5) is 5.69 Å². The van der Waals surface area contributed by atoms with Gasteiger partial charge < -0.3 is 10.1 Å². The highest BCUT2D eigenvalue weighted by Gasteiger charge is 2.13. The summed E-state index contributed by atoms with van der Waals surface area (Å²) in [5, 5.41) is 10.4. The summed E-state index contributed by atoms with van der Waals surface area (Å²) >= 11 is 11.2. The molecule has 0 aliphatic heterocycles. The van der Waals surface area contributed by atoms with Crippen LogP contribution in [-0.2, 0) is 11.3 Å². The number of halogens is 1. The van der Waals surface area contributed by atoms with Crippen LogP contribution in [0.3, 0.4) is 0 Å². The third kappa shape index (κ3) is 3.89. The first-order valence-electron chi connectivity index (χ1n) is 7.42. The van der Waals surface area contributed by atoms with Crippen molar-refractivity contribution < 1.29 is 9.53 Å². The maximum absolute atomic E-state index is 12.4. The highest BCUT2D eigenvalue weighted by Crippen LogP contribution is 2.24. The Hall–Kier alpha value is -2.64. The lowest BCUT2D eigenvalue weighted by Crippen LogP contribution is -2.19. The molecule has 3 aromatic rings. The molecule has 0 bridgehead atoms. The van der Waals surface area contributed by atoms with Crippen LogP contribution in [0.2, 0.25) is 5.02 Å². The summed E-state index contributed by atoms with van der Waals surface area (Å²) in [6.07, 6.45) is 0. The summed E-state index contributed by atoms with van der Waals surface area (Å²) in [5.74, 6) is 0.915. The first-order chi connectivity index (χ1) is 12.1. The number of anilines is 1. The van der Waals surface area contributed by atoms with Gasteiger partial charge in [-0.3, -0.25) is 14.5 Å². The number of nitrogens with one attached hydrogen (secondary N) is 2. The average Bonchev–Trinajstić information content (AvgIpc) is 2.97. The van der Waals surface area contributed by atoms with E-state index in [0.29, 0.717) is 27.1 Å². The van der Waals surface area contributed by atoms with E-state index in [1.807, 2.05) is 24.3 Å². The number of amides is 1. The van der Waals surface area contributed by atoms with Crippen molar-refractivity contribution in [3.8, 4) is 17.1 Å². The molecule has 0 spiro atoms. The van der Waals surface area contributed by atoms with Gasteiger partial charge in [0.2, 0.25) is 5.91 Å². The fourth-order valence-corrected chi connectivity index (χ4v) is 2.69. The molecule has 128 valence electrons. The van der Waals surface area contributed by atoms with Gasteiger partial charge in [-0.25, -0.2) is 0 Å². The second-order valence-corrected chi connectivity index (χ2v) is 6.02. The highest BCUT2D eigenvalue weighted by atomic mass is 35.5. The Kier molecular flexibility index (Phi) is 5.16. The van der Waals surface area contributed by atoms with Crippen LogP contribution in [0.15, 0.2) is 48.5 Å². The number of aromatic amines is 1. The van der Waals surface area contributed by atoms with E-state index in [1.165, 1.54) is 0 Å². The van der Waals surface area contributed by atoms with Crippen LogP contribution >= 0.6 is 23.8 Å². The molecule has 1 amide bonds. The quantitative estimate of drug-likeness (QED) is 0.664. The zero-order valence-electron chi connectivity index (χ0n) is 13.3. The van der Waals surface area contributed by atoms with E-state index >= 15 is 0 Å². The number of rotatable bonds is 5. The minimum absolute atomic E-state index is 0.0192. The summed E-state index contributed by atoms with van der Waals surface area (Å²) in [7, 11) is 1.55. The van der Waals surface area contributed by atoms with Gasteiger partial charge in [-0.1, -0.05) is 23.7 Å². The number of nitrogens with zero attached hydrogens (tertiary/aromatic N) is 2. The molecule has 0 saturated heterocycles. The van der Waals surface area contributed by atoms with Crippen LogP contribution in [0.25, 0.3) is 11.4 Å². The summed E-state index contributed by atoms with van der Waals surface area (Å²) in [6.45, 7) is 0.0192. The Morgan fingerprint density at radius 1 is 1.28 bits per heavy atom. The Morgan fingerprint density at radius 3 is 2.72 bits per heavy atom. The van der Waals surface area contributed by atoms with Crippen molar-refractivity contribution >= 4 is 35.4 Å². The van der Waals surface area contributed by atoms with Gasteiger partial charge >= 0.3 is 0 Å². The number of methoxy groups -OCH3 is 1. The average molecular weight is 375 g/mol. The van der Waals surface area contributed by atoms with Crippen molar-refractivity contribution in [2.45, 2.75) is 6.54 Å². The van der Waals surface area contributed by atoms with Crippen LogP contribution in [0, 0.1) is 4.77 Å². The van der Waals surface area contributed by atoms with E-state index in [0.717, 1.165) is 5.56 Å². The number of benzene rings is 2. The molecule has 8 heteroatoms. The second kappa shape index (κ2) is 7.50. The zero-order valence-corrected chi connectivity index (χ0v) is 14.9. The molecule has 1 aromatic heterocycles. The molecule has 0 unspecified atom stereocenters. The molecular weight excluding hydrogens is 360 g/mol. The third-order valence-corrected chi connectivity index (χ3v) is 4.11. The minimum Gasteiger partial charge on any atom is -0.495 e. The van der Waals surface area contributed by atoms with E-state index in [1.54, 1.807) is 35.9 Å². The smallest absolute Gasteiger partial charge is 0.244 e. The van der Waals surface area contributed by atoms with Gasteiger partial charge in [-0.05, 0) is 48.6 Å². The molecule has 0 radical (unpaired) electrons. The second-order valence-electron chi connectivity index (χ2n) is 5.19. The van der Waals surface area contributed by atoms with E-state index in [2.05, 4.69) is 15.5 Å². The molecule has 25 heavy (non-hydrogen) atoms. The van der Waals surface area contributed by atoms with Gasteiger partial charge in [-0.15, -0.1) is 0 Å². The number of carbonyl (C=O) groups is 1. The minimum atomic E-state index is -0.239. The lowest BCUT2D eigenvalue weighted by atomic mass is 10.2. The third-order valence-electron chi connectivity index (χ3n) is 3.54. The lowest BCUT2D eigenvalue weighted by Gasteiger charge is -2.11. The number of aromatic nitrogens is 3. The Morgan fingerprint density at radius 2 is 2.00 bits per heavy atom. The largest absolute Gasteiger partial charge is 0.495 e. The molecular formula is C17H15ClN4O2S. The molecule has 0 aliphatic rings. The molecule has 6 nitrogen and oxygen atoms in total. The Balaban J connectivity index is 1.83. The van der Waals surface area contributed by atoms with E-state index < -0.39 is 0 Å². The molecule has 0 saturated carbocycles. The van der Waals surface area contributed by atoms with Crippen LogP contribution in [0.1, 0.15) is 0 Å². The maximum atomic E-state index is 12.4. The predicted molar refractivity (Wildman–Crippen MR) is 99.5 cm³/mol. The molecule has 0 atom stereocenters. The summed E-state index contributed by atoms with van der Waals surface area (Å²) in [5.41, 5.74) is 1.40. The van der Waals surface area contributed by atoms with E-state index in [9.17, 15) is 4.79 Å². The summed E-state index contributed by atoms with van der Waals surface area (Å²) < 4.78 is 7.23. The first kappa shape index (κ1) is 17.2. The van der Waals surface area contributed by atoms with Gasteiger partial charge in [0, 0.05) is 10.6 Å². The summed E-state index contributed by atoms with van der Waals surface area (Å²) in [6, 6.07) is 14.4. The van der Waals surface area contributed by atoms with Crippen LogP contribution in [0.5, 0.6) is 5.75 Å². The van der Waals surface area contributed by atoms with E-state index in [4.69, 9.17) is 28.6 Å². The number of hydrogen-bond donors (Lipinski definition) is 2. The first-order valence-corrected chi connectivity index (χ1v) is 8.21. The highest BCUT2D eigenvalue weighted by molar-refractivity contribution is 7.71. The van der Waals surface area contributed by atoms with Crippen LogP contribution < -0.4 is 10.1 Å². The molecule has 3 rings (SSSR count). The zero-order chi connectivity index (χ0) is 17.8.